The monoisotopic (exact) mass is 439 g/mol. The molecular weight excluding hydrogens is 410 g/mol. The van der Waals surface area contributed by atoms with Gasteiger partial charge in [-0.15, -0.1) is 11.3 Å². The van der Waals surface area contributed by atoms with Gasteiger partial charge in [0, 0.05) is 19.2 Å². The zero-order valence-electron chi connectivity index (χ0n) is 18.5. The van der Waals surface area contributed by atoms with Crippen molar-refractivity contribution in [2.45, 2.75) is 33.1 Å². The van der Waals surface area contributed by atoms with Crippen molar-refractivity contribution in [2.75, 3.05) is 26.0 Å². The summed E-state index contributed by atoms with van der Waals surface area (Å²) in [5.74, 6) is 0.458. The van der Waals surface area contributed by atoms with Crippen LogP contribution in [-0.4, -0.2) is 42.4 Å². The standard InChI is InChI=1S/C24H29N3O3S/c1-5-24(6-2,15-22-26-19-9-7-8-10-20(19)31-22)23(29)27(3)16-21(28)25-17-11-13-18(30-4)14-12-17/h7-14H,5-6,15-16H2,1-4H3,(H,25,28). The maximum atomic E-state index is 13.4. The lowest BCUT2D eigenvalue weighted by Crippen LogP contribution is -2.45. The lowest BCUT2D eigenvalue weighted by atomic mass is 9.78. The molecule has 0 radical (unpaired) electrons. The zero-order chi connectivity index (χ0) is 22.4. The number of rotatable bonds is 9. The number of methoxy groups -OCH3 is 1. The van der Waals surface area contributed by atoms with Gasteiger partial charge < -0.3 is 15.0 Å². The predicted molar refractivity (Wildman–Crippen MR) is 126 cm³/mol. The first kappa shape index (κ1) is 22.7. The van der Waals surface area contributed by atoms with Crippen LogP contribution in [0.3, 0.4) is 0 Å². The summed E-state index contributed by atoms with van der Waals surface area (Å²) in [7, 11) is 3.28. The summed E-state index contributed by atoms with van der Waals surface area (Å²) in [4.78, 5) is 32.2. The van der Waals surface area contributed by atoms with Crippen LogP contribution in [0.15, 0.2) is 48.5 Å². The Kier molecular flexibility index (Phi) is 7.28. The summed E-state index contributed by atoms with van der Waals surface area (Å²) in [6.45, 7) is 4.05. The lowest BCUT2D eigenvalue weighted by molar-refractivity contribution is -0.143. The van der Waals surface area contributed by atoms with E-state index in [0.717, 1.165) is 21.0 Å². The largest absolute Gasteiger partial charge is 0.497 e. The van der Waals surface area contributed by atoms with Crippen LogP contribution in [0.5, 0.6) is 5.75 Å². The van der Waals surface area contributed by atoms with E-state index in [-0.39, 0.29) is 18.4 Å². The number of likely N-dealkylation sites (N-methyl/N-ethyl adjacent to an activating group) is 1. The number of carbonyl (C=O) groups is 2. The van der Waals surface area contributed by atoms with Crippen LogP contribution in [0.25, 0.3) is 10.2 Å². The van der Waals surface area contributed by atoms with Gasteiger partial charge in [-0.3, -0.25) is 9.59 Å². The maximum absolute atomic E-state index is 13.4. The molecule has 1 aromatic heterocycles. The van der Waals surface area contributed by atoms with E-state index < -0.39 is 5.41 Å². The lowest BCUT2D eigenvalue weighted by Gasteiger charge is -2.33. The van der Waals surface area contributed by atoms with Crippen molar-refractivity contribution in [1.29, 1.82) is 0 Å². The van der Waals surface area contributed by atoms with Crippen LogP contribution in [0.4, 0.5) is 5.69 Å². The molecule has 6 nitrogen and oxygen atoms in total. The molecule has 0 unspecified atom stereocenters. The first-order valence-electron chi connectivity index (χ1n) is 10.4. The number of aromatic nitrogens is 1. The fourth-order valence-corrected chi connectivity index (χ4v) is 4.84. The molecule has 7 heteroatoms. The van der Waals surface area contributed by atoms with Crippen molar-refractivity contribution in [2.24, 2.45) is 5.41 Å². The third kappa shape index (κ3) is 5.22. The average Bonchev–Trinajstić information content (AvgIpc) is 3.19. The Morgan fingerprint density at radius 2 is 1.77 bits per heavy atom. The van der Waals surface area contributed by atoms with Crippen LogP contribution in [0.2, 0.25) is 0 Å². The fraction of sp³-hybridized carbons (Fsp3) is 0.375. The third-order valence-corrected chi connectivity index (χ3v) is 6.77. The Balaban J connectivity index is 1.69. The highest BCUT2D eigenvalue weighted by atomic mass is 32.1. The normalized spacial score (nSPS) is 11.4. The summed E-state index contributed by atoms with van der Waals surface area (Å²) < 4.78 is 6.25. The van der Waals surface area contributed by atoms with Gasteiger partial charge in [-0.1, -0.05) is 26.0 Å². The van der Waals surface area contributed by atoms with Gasteiger partial charge in [0.15, 0.2) is 0 Å². The Bertz CT molecular complexity index is 1010. The molecule has 0 fully saturated rings. The predicted octanol–water partition coefficient (Wildman–Crippen LogP) is 4.75. The number of carbonyl (C=O) groups excluding carboxylic acids is 2. The van der Waals surface area contributed by atoms with Gasteiger partial charge in [0.2, 0.25) is 11.8 Å². The van der Waals surface area contributed by atoms with E-state index in [1.54, 1.807) is 49.8 Å². The smallest absolute Gasteiger partial charge is 0.243 e. The quantitative estimate of drug-likeness (QED) is 0.522. The van der Waals surface area contributed by atoms with E-state index in [0.29, 0.717) is 24.9 Å². The molecule has 2 aromatic carbocycles. The van der Waals surface area contributed by atoms with Gasteiger partial charge in [-0.05, 0) is 49.2 Å². The molecule has 164 valence electrons. The molecule has 1 heterocycles. The number of nitrogens with zero attached hydrogens (tertiary/aromatic N) is 2. The van der Waals surface area contributed by atoms with Crippen molar-refractivity contribution in [3.63, 3.8) is 0 Å². The fourth-order valence-electron chi connectivity index (χ4n) is 3.73. The minimum absolute atomic E-state index is 0.00748. The third-order valence-electron chi connectivity index (χ3n) is 5.74. The number of nitrogens with one attached hydrogen (secondary N) is 1. The molecule has 0 aliphatic heterocycles. The van der Waals surface area contributed by atoms with E-state index >= 15 is 0 Å². The first-order valence-corrected chi connectivity index (χ1v) is 11.3. The van der Waals surface area contributed by atoms with Gasteiger partial charge in [-0.25, -0.2) is 4.98 Å². The van der Waals surface area contributed by atoms with Crippen molar-refractivity contribution < 1.29 is 14.3 Å². The minimum atomic E-state index is -0.580. The molecule has 1 N–H and O–H groups in total. The second-order valence-electron chi connectivity index (χ2n) is 7.68. The Morgan fingerprint density at radius 1 is 1.10 bits per heavy atom. The van der Waals surface area contributed by atoms with E-state index in [1.165, 1.54) is 4.90 Å². The average molecular weight is 440 g/mol. The summed E-state index contributed by atoms with van der Waals surface area (Å²) in [5, 5.41) is 3.79. The van der Waals surface area contributed by atoms with Crippen LogP contribution < -0.4 is 10.1 Å². The van der Waals surface area contributed by atoms with Crippen molar-refractivity contribution in [3.8, 4) is 5.75 Å². The van der Waals surface area contributed by atoms with Crippen LogP contribution in [0, 0.1) is 5.41 Å². The van der Waals surface area contributed by atoms with Crippen molar-refractivity contribution >= 4 is 39.1 Å². The van der Waals surface area contributed by atoms with E-state index in [2.05, 4.69) is 5.32 Å². The Hall–Kier alpha value is -2.93. The number of anilines is 1. The molecule has 0 aliphatic carbocycles. The SMILES string of the molecule is CCC(CC)(Cc1nc2ccccc2s1)C(=O)N(C)CC(=O)Nc1ccc(OC)cc1. The van der Waals surface area contributed by atoms with E-state index in [4.69, 9.17) is 9.72 Å². The van der Waals surface area contributed by atoms with Crippen LogP contribution in [-0.2, 0) is 16.0 Å². The number of benzene rings is 2. The van der Waals surface area contributed by atoms with Gasteiger partial charge in [0.25, 0.3) is 0 Å². The molecule has 2 amide bonds. The molecule has 0 bridgehead atoms. The summed E-state index contributed by atoms with van der Waals surface area (Å²) in [5.41, 5.74) is 1.05. The number of hydrogen-bond donors (Lipinski definition) is 1. The molecule has 0 saturated carbocycles. The van der Waals surface area contributed by atoms with E-state index in [9.17, 15) is 9.59 Å². The number of thiazole rings is 1. The van der Waals surface area contributed by atoms with Crippen molar-refractivity contribution in [3.05, 3.63) is 53.5 Å². The highest BCUT2D eigenvalue weighted by Gasteiger charge is 2.38. The van der Waals surface area contributed by atoms with Crippen LogP contribution in [0.1, 0.15) is 31.7 Å². The second-order valence-corrected chi connectivity index (χ2v) is 8.79. The molecule has 0 spiro atoms. The molecule has 0 saturated heterocycles. The molecule has 0 aliphatic rings. The summed E-state index contributed by atoms with van der Waals surface area (Å²) in [6.07, 6.45) is 1.94. The topological polar surface area (TPSA) is 71.5 Å². The zero-order valence-corrected chi connectivity index (χ0v) is 19.3. The van der Waals surface area contributed by atoms with Crippen molar-refractivity contribution in [1.82, 2.24) is 9.88 Å². The number of ether oxygens (including phenoxy) is 1. The number of amides is 2. The molecule has 0 atom stereocenters. The van der Waals surface area contributed by atoms with Gasteiger partial charge in [0.1, 0.15) is 5.75 Å². The van der Waals surface area contributed by atoms with Gasteiger partial charge in [0.05, 0.1) is 34.3 Å². The van der Waals surface area contributed by atoms with Gasteiger partial charge in [-0.2, -0.15) is 0 Å². The Labute approximate surface area is 187 Å². The number of para-hydroxylation sites is 1. The molecule has 3 aromatic rings. The highest BCUT2D eigenvalue weighted by molar-refractivity contribution is 7.18. The highest BCUT2D eigenvalue weighted by Crippen LogP contribution is 2.35. The number of hydrogen-bond acceptors (Lipinski definition) is 5. The second kappa shape index (κ2) is 9.92. The number of fused-ring (bicyclic) bond motifs is 1. The summed E-state index contributed by atoms with van der Waals surface area (Å²) >= 11 is 1.63. The molecule has 31 heavy (non-hydrogen) atoms. The molecule has 3 rings (SSSR count). The first-order chi connectivity index (χ1) is 14.9. The van der Waals surface area contributed by atoms with Crippen LogP contribution >= 0.6 is 11.3 Å². The minimum Gasteiger partial charge on any atom is -0.497 e. The summed E-state index contributed by atoms with van der Waals surface area (Å²) in [6, 6.07) is 15.1. The van der Waals surface area contributed by atoms with E-state index in [1.807, 2.05) is 38.1 Å². The Morgan fingerprint density at radius 3 is 2.39 bits per heavy atom. The maximum Gasteiger partial charge on any atom is 0.243 e. The molecular formula is C24H29N3O3S. The van der Waals surface area contributed by atoms with Gasteiger partial charge >= 0.3 is 0 Å².